The van der Waals surface area contributed by atoms with Gasteiger partial charge in [0.1, 0.15) is 17.8 Å². The minimum Gasteiger partial charge on any atom is -0.444 e. The molecule has 1 aromatic heterocycles. The summed E-state index contributed by atoms with van der Waals surface area (Å²) in [6.45, 7) is 7.92. The summed E-state index contributed by atoms with van der Waals surface area (Å²) in [5.41, 5.74) is 0. The molecule has 6 nitrogen and oxygen atoms in total. The van der Waals surface area contributed by atoms with Crippen LogP contribution in [0.3, 0.4) is 0 Å². The van der Waals surface area contributed by atoms with E-state index in [0.29, 0.717) is 5.89 Å². The van der Waals surface area contributed by atoms with Gasteiger partial charge in [0.2, 0.25) is 17.7 Å². The van der Waals surface area contributed by atoms with Gasteiger partial charge >= 0.3 is 0 Å². The average Bonchev–Trinajstić information content (AvgIpc) is 2.94. The molecule has 116 valence electrons. The van der Waals surface area contributed by atoms with Crippen LogP contribution in [0.25, 0.3) is 0 Å². The molecule has 3 unspecified atom stereocenters. The molecule has 0 saturated carbocycles. The van der Waals surface area contributed by atoms with Crippen LogP contribution in [0.5, 0.6) is 0 Å². The van der Waals surface area contributed by atoms with E-state index in [1.165, 1.54) is 0 Å². The van der Waals surface area contributed by atoms with Crippen LogP contribution in [-0.2, 0) is 22.6 Å². The molecule has 1 N–H and O–H groups in total. The van der Waals surface area contributed by atoms with Gasteiger partial charge in [-0.15, -0.1) is 0 Å². The SMILES string of the molecule is CCc1cnc(CN2C(=O)C(C(C)CC)NC(=O)C2C)o1. The zero-order valence-corrected chi connectivity index (χ0v) is 13.0. The van der Waals surface area contributed by atoms with Gasteiger partial charge in [-0.2, -0.15) is 0 Å². The number of aryl methyl sites for hydroxylation is 1. The normalized spacial score (nSPS) is 24.1. The van der Waals surface area contributed by atoms with E-state index >= 15 is 0 Å². The maximum atomic E-state index is 12.6. The molecule has 0 bridgehead atoms. The number of carbonyl (C=O) groups excluding carboxylic acids is 2. The standard InChI is InChI=1S/C15H23N3O3/c1-5-9(3)13-15(20)18(10(4)14(19)17-13)8-12-16-7-11(6-2)21-12/h7,9-10,13H,5-6,8H2,1-4H3,(H,17,19). The summed E-state index contributed by atoms with van der Waals surface area (Å²) in [6.07, 6.45) is 3.25. The first-order valence-electron chi connectivity index (χ1n) is 7.52. The van der Waals surface area contributed by atoms with Crippen molar-refractivity contribution in [1.29, 1.82) is 0 Å². The van der Waals surface area contributed by atoms with Gasteiger partial charge < -0.3 is 14.6 Å². The Labute approximate surface area is 124 Å². The number of hydrogen-bond acceptors (Lipinski definition) is 4. The molecule has 0 radical (unpaired) electrons. The van der Waals surface area contributed by atoms with Gasteiger partial charge in [-0.25, -0.2) is 4.98 Å². The first kappa shape index (κ1) is 15.5. The lowest BCUT2D eigenvalue weighted by Gasteiger charge is -2.38. The maximum Gasteiger partial charge on any atom is 0.246 e. The third kappa shape index (κ3) is 3.09. The van der Waals surface area contributed by atoms with E-state index < -0.39 is 12.1 Å². The molecule has 1 aromatic rings. The minimum atomic E-state index is -0.505. The fraction of sp³-hybridized carbons (Fsp3) is 0.667. The van der Waals surface area contributed by atoms with Crippen LogP contribution >= 0.6 is 0 Å². The fourth-order valence-electron chi connectivity index (χ4n) is 2.41. The van der Waals surface area contributed by atoms with E-state index in [-0.39, 0.29) is 24.3 Å². The van der Waals surface area contributed by atoms with Crippen molar-refractivity contribution in [3.8, 4) is 0 Å². The van der Waals surface area contributed by atoms with Crippen LogP contribution in [0.15, 0.2) is 10.6 Å². The Kier molecular flexibility index (Phi) is 4.65. The van der Waals surface area contributed by atoms with Crippen molar-refractivity contribution in [1.82, 2.24) is 15.2 Å². The van der Waals surface area contributed by atoms with Crippen molar-refractivity contribution in [3.63, 3.8) is 0 Å². The predicted octanol–water partition coefficient (Wildman–Crippen LogP) is 1.50. The summed E-state index contributed by atoms with van der Waals surface area (Å²) in [4.78, 5) is 30.4. The Morgan fingerprint density at radius 3 is 2.71 bits per heavy atom. The zero-order chi connectivity index (χ0) is 15.6. The summed E-state index contributed by atoms with van der Waals surface area (Å²) >= 11 is 0. The van der Waals surface area contributed by atoms with Crippen LogP contribution in [0.4, 0.5) is 0 Å². The molecule has 0 spiro atoms. The first-order valence-corrected chi connectivity index (χ1v) is 7.52. The number of nitrogens with zero attached hydrogens (tertiary/aromatic N) is 2. The third-order valence-corrected chi connectivity index (χ3v) is 4.16. The van der Waals surface area contributed by atoms with E-state index in [0.717, 1.165) is 18.6 Å². The summed E-state index contributed by atoms with van der Waals surface area (Å²) in [7, 11) is 0. The Morgan fingerprint density at radius 2 is 2.14 bits per heavy atom. The Hall–Kier alpha value is -1.85. The number of rotatable bonds is 5. The van der Waals surface area contributed by atoms with Crippen LogP contribution in [0, 0.1) is 5.92 Å². The molecule has 3 atom stereocenters. The molecule has 1 fully saturated rings. The highest BCUT2D eigenvalue weighted by Gasteiger charge is 2.40. The zero-order valence-electron chi connectivity index (χ0n) is 13.0. The second-order valence-corrected chi connectivity index (χ2v) is 5.59. The van der Waals surface area contributed by atoms with Gasteiger partial charge in [-0.1, -0.05) is 27.2 Å². The lowest BCUT2D eigenvalue weighted by Crippen LogP contribution is -2.63. The fourth-order valence-corrected chi connectivity index (χ4v) is 2.41. The third-order valence-electron chi connectivity index (χ3n) is 4.16. The van der Waals surface area contributed by atoms with Crippen molar-refractivity contribution in [3.05, 3.63) is 17.8 Å². The Balaban J connectivity index is 2.18. The largest absolute Gasteiger partial charge is 0.444 e. The smallest absolute Gasteiger partial charge is 0.246 e. The molecule has 0 aromatic carbocycles. The average molecular weight is 293 g/mol. The van der Waals surface area contributed by atoms with Crippen molar-refractivity contribution >= 4 is 11.8 Å². The lowest BCUT2D eigenvalue weighted by molar-refractivity contribution is -0.151. The number of aromatic nitrogens is 1. The highest BCUT2D eigenvalue weighted by Crippen LogP contribution is 2.20. The van der Waals surface area contributed by atoms with Crippen LogP contribution < -0.4 is 5.32 Å². The molecule has 1 saturated heterocycles. The van der Waals surface area contributed by atoms with Crippen molar-refractivity contribution in [2.45, 2.75) is 59.2 Å². The maximum absolute atomic E-state index is 12.6. The monoisotopic (exact) mass is 293 g/mol. The van der Waals surface area contributed by atoms with Crippen LogP contribution in [-0.4, -0.2) is 33.8 Å². The van der Waals surface area contributed by atoms with Gasteiger partial charge in [0.25, 0.3) is 0 Å². The number of carbonyl (C=O) groups is 2. The molecule has 21 heavy (non-hydrogen) atoms. The van der Waals surface area contributed by atoms with Gasteiger partial charge in [0.15, 0.2) is 0 Å². The van der Waals surface area contributed by atoms with E-state index in [2.05, 4.69) is 10.3 Å². The highest BCUT2D eigenvalue weighted by atomic mass is 16.4. The highest BCUT2D eigenvalue weighted by molar-refractivity contribution is 5.96. The van der Waals surface area contributed by atoms with Gasteiger partial charge in [-0.3, -0.25) is 9.59 Å². The van der Waals surface area contributed by atoms with Crippen LogP contribution in [0.1, 0.15) is 45.8 Å². The lowest BCUT2D eigenvalue weighted by atomic mass is 9.94. The second-order valence-electron chi connectivity index (χ2n) is 5.59. The van der Waals surface area contributed by atoms with E-state index in [1.54, 1.807) is 18.0 Å². The Bertz CT molecular complexity index is 526. The minimum absolute atomic E-state index is 0.0623. The molecule has 6 heteroatoms. The van der Waals surface area contributed by atoms with Crippen LogP contribution in [0.2, 0.25) is 0 Å². The molecule has 2 rings (SSSR count). The van der Waals surface area contributed by atoms with E-state index in [1.807, 2.05) is 20.8 Å². The first-order chi connectivity index (χ1) is 9.97. The number of piperazine rings is 1. The molecule has 2 amide bonds. The predicted molar refractivity (Wildman–Crippen MR) is 77.3 cm³/mol. The quantitative estimate of drug-likeness (QED) is 0.892. The van der Waals surface area contributed by atoms with Gasteiger partial charge in [0, 0.05) is 6.42 Å². The summed E-state index contributed by atoms with van der Waals surface area (Å²) < 4.78 is 5.55. The molecular formula is C15H23N3O3. The topological polar surface area (TPSA) is 75.4 Å². The van der Waals surface area contributed by atoms with E-state index in [9.17, 15) is 9.59 Å². The molecular weight excluding hydrogens is 270 g/mol. The molecule has 2 heterocycles. The van der Waals surface area contributed by atoms with Crippen molar-refractivity contribution in [2.75, 3.05) is 0 Å². The summed E-state index contributed by atoms with van der Waals surface area (Å²) in [5.74, 6) is 1.18. The van der Waals surface area contributed by atoms with Gasteiger partial charge in [0.05, 0.1) is 12.7 Å². The number of amides is 2. The van der Waals surface area contributed by atoms with Crippen molar-refractivity contribution < 1.29 is 14.0 Å². The molecule has 0 aliphatic carbocycles. The number of nitrogens with one attached hydrogen (secondary N) is 1. The number of hydrogen-bond donors (Lipinski definition) is 1. The summed E-state index contributed by atoms with van der Waals surface area (Å²) in [5, 5.41) is 2.82. The Morgan fingerprint density at radius 1 is 1.43 bits per heavy atom. The van der Waals surface area contributed by atoms with Crippen molar-refractivity contribution in [2.24, 2.45) is 5.92 Å². The van der Waals surface area contributed by atoms with E-state index in [4.69, 9.17) is 4.42 Å². The molecule has 1 aliphatic rings. The second kappa shape index (κ2) is 6.28. The molecule has 1 aliphatic heterocycles. The summed E-state index contributed by atoms with van der Waals surface area (Å²) in [6, 6.07) is -0.964. The number of oxazole rings is 1. The van der Waals surface area contributed by atoms with Gasteiger partial charge in [-0.05, 0) is 12.8 Å².